The van der Waals surface area contributed by atoms with Crippen LogP contribution in [0.1, 0.15) is 13.3 Å². The lowest BCUT2D eigenvalue weighted by Gasteiger charge is -2.08. The van der Waals surface area contributed by atoms with Gasteiger partial charge in [-0.3, -0.25) is 19.9 Å². The molecular formula is C27H19F2N7O. The number of hydrogen-bond acceptors (Lipinski definition) is 5. The van der Waals surface area contributed by atoms with E-state index >= 15 is 4.39 Å². The van der Waals surface area contributed by atoms with Crippen molar-refractivity contribution in [2.75, 3.05) is 5.32 Å². The Morgan fingerprint density at radius 2 is 1.81 bits per heavy atom. The second-order valence-corrected chi connectivity index (χ2v) is 8.46. The van der Waals surface area contributed by atoms with E-state index in [9.17, 15) is 9.18 Å². The van der Waals surface area contributed by atoms with Crippen LogP contribution >= 0.6 is 0 Å². The van der Waals surface area contributed by atoms with Crippen LogP contribution in [0.3, 0.4) is 0 Å². The van der Waals surface area contributed by atoms with Gasteiger partial charge in [0.05, 0.1) is 28.6 Å². The summed E-state index contributed by atoms with van der Waals surface area (Å²) in [4.78, 5) is 28.4. The zero-order valence-electron chi connectivity index (χ0n) is 19.5. The Kier molecular flexibility index (Phi) is 5.41. The Bertz CT molecular complexity index is 1790. The van der Waals surface area contributed by atoms with Crippen molar-refractivity contribution in [1.82, 2.24) is 30.1 Å². The first-order chi connectivity index (χ1) is 18.0. The molecule has 8 nitrogen and oxygen atoms in total. The van der Waals surface area contributed by atoms with Gasteiger partial charge < -0.3 is 10.3 Å². The van der Waals surface area contributed by atoms with Crippen LogP contribution in [0.5, 0.6) is 0 Å². The van der Waals surface area contributed by atoms with Gasteiger partial charge in [0.25, 0.3) is 0 Å². The van der Waals surface area contributed by atoms with Gasteiger partial charge in [0, 0.05) is 47.0 Å². The van der Waals surface area contributed by atoms with Crippen LogP contribution in [0.2, 0.25) is 0 Å². The normalized spacial score (nSPS) is 11.3. The first kappa shape index (κ1) is 22.5. The number of pyridine rings is 2. The summed E-state index contributed by atoms with van der Waals surface area (Å²) in [6.45, 7) is 1.75. The van der Waals surface area contributed by atoms with Gasteiger partial charge in [0.15, 0.2) is 5.82 Å². The molecule has 0 bridgehead atoms. The number of benzene rings is 2. The minimum absolute atomic E-state index is 0.161. The molecule has 0 saturated heterocycles. The third kappa shape index (κ3) is 4.08. The van der Waals surface area contributed by atoms with Crippen molar-refractivity contribution >= 4 is 33.5 Å². The number of fused-ring (bicyclic) bond motifs is 2. The molecule has 4 aromatic heterocycles. The van der Waals surface area contributed by atoms with Crippen LogP contribution in [0.25, 0.3) is 55.8 Å². The fraction of sp³-hybridized carbons (Fsp3) is 0.0741. The average molecular weight is 495 g/mol. The third-order valence-corrected chi connectivity index (χ3v) is 6.05. The zero-order chi connectivity index (χ0) is 25.5. The standard InChI is InChI=1S/C27H19F2N7O/c1-2-23(37)32-17-9-15(12-30-13-17)18-10-19-22(11-20(18)29)35-36-25(19)27-33-21-7-8-31-24(26(21)34-27)14-3-5-16(28)6-4-14/h3-13H,2H2,1H3,(H,32,37)(H,33,34)(H,35,36). The SMILES string of the molecule is CCC(=O)Nc1cncc(-c2cc3c(-c4nc5c(-c6ccc(F)cc6)nccc5[nH]4)n[nH]c3cc2F)c1. The van der Waals surface area contributed by atoms with Crippen LogP contribution < -0.4 is 5.32 Å². The highest BCUT2D eigenvalue weighted by molar-refractivity contribution is 5.98. The van der Waals surface area contributed by atoms with Gasteiger partial charge in [-0.1, -0.05) is 6.92 Å². The first-order valence-corrected chi connectivity index (χ1v) is 11.5. The zero-order valence-corrected chi connectivity index (χ0v) is 19.5. The summed E-state index contributed by atoms with van der Waals surface area (Å²) >= 11 is 0. The number of aromatic nitrogens is 6. The molecular weight excluding hydrogens is 476 g/mol. The highest BCUT2D eigenvalue weighted by Gasteiger charge is 2.18. The summed E-state index contributed by atoms with van der Waals surface area (Å²) in [6, 6.07) is 12.6. The maximum Gasteiger partial charge on any atom is 0.224 e. The highest BCUT2D eigenvalue weighted by atomic mass is 19.1. The minimum atomic E-state index is -0.462. The van der Waals surface area contributed by atoms with Crippen LogP contribution in [-0.4, -0.2) is 36.0 Å². The smallest absolute Gasteiger partial charge is 0.224 e. The van der Waals surface area contributed by atoms with Crippen molar-refractivity contribution in [2.45, 2.75) is 13.3 Å². The van der Waals surface area contributed by atoms with Crippen molar-refractivity contribution in [2.24, 2.45) is 0 Å². The first-order valence-electron chi connectivity index (χ1n) is 11.5. The van der Waals surface area contributed by atoms with Crippen molar-refractivity contribution < 1.29 is 13.6 Å². The number of carbonyl (C=O) groups excluding carboxylic acids is 1. The van der Waals surface area contributed by atoms with Crippen LogP contribution in [0.4, 0.5) is 14.5 Å². The molecule has 0 radical (unpaired) electrons. The molecule has 0 spiro atoms. The quantitative estimate of drug-likeness (QED) is 0.277. The maximum atomic E-state index is 15.1. The summed E-state index contributed by atoms with van der Waals surface area (Å²) in [5, 5.41) is 10.6. The van der Waals surface area contributed by atoms with Crippen molar-refractivity contribution in [3.8, 4) is 33.9 Å². The van der Waals surface area contributed by atoms with E-state index < -0.39 is 5.82 Å². The summed E-state index contributed by atoms with van der Waals surface area (Å²) in [6.07, 6.45) is 5.01. The Balaban J connectivity index is 1.45. The lowest BCUT2D eigenvalue weighted by atomic mass is 10.0. The molecule has 0 fully saturated rings. The predicted octanol–water partition coefficient (Wildman–Crippen LogP) is 5.86. The number of nitrogens with zero attached hydrogens (tertiary/aromatic N) is 4. The minimum Gasteiger partial charge on any atom is -0.336 e. The number of amides is 1. The Morgan fingerprint density at radius 1 is 0.973 bits per heavy atom. The van der Waals surface area contributed by atoms with Gasteiger partial charge in [0.1, 0.15) is 22.8 Å². The van der Waals surface area contributed by atoms with E-state index in [0.717, 1.165) is 11.1 Å². The van der Waals surface area contributed by atoms with E-state index in [1.54, 1.807) is 43.5 Å². The van der Waals surface area contributed by atoms with Crippen molar-refractivity contribution in [1.29, 1.82) is 0 Å². The fourth-order valence-electron chi connectivity index (χ4n) is 4.21. The summed E-state index contributed by atoms with van der Waals surface area (Å²) in [5.74, 6) is -0.488. The lowest BCUT2D eigenvalue weighted by molar-refractivity contribution is -0.115. The van der Waals surface area contributed by atoms with Gasteiger partial charge >= 0.3 is 0 Å². The van der Waals surface area contributed by atoms with E-state index in [-0.39, 0.29) is 11.7 Å². The molecule has 37 heavy (non-hydrogen) atoms. The molecule has 0 aliphatic heterocycles. The van der Waals surface area contributed by atoms with Crippen molar-refractivity contribution in [3.63, 3.8) is 0 Å². The third-order valence-electron chi connectivity index (χ3n) is 6.05. The molecule has 0 aliphatic rings. The number of anilines is 1. The number of rotatable bonds is 5. The second-order valence-electron chi connectivity index (χ2n) is 8.46. The molecule has 3 N–H and O–H groups in total. The summed E-state index contributed by atoms with van der Waals surface area (Å²) < 4.78 is 28.5. The van der Waals surface area contributed by atoms with E-state index in [2.05, 4.69) is 30.5 Å². The predicted molar refractivity (Wildman–Crippen MR) is 136 cm³/mol. The second kappa shape index (κ2) is 8.90. The molecule has 4 heterocycles. The molecule has 0 saturated carbocycles. The van der Waals surface area contributed by atoms with Gasteiger partial charge in [0.2, 0.25) is 5.91 Å². The van der Waals surface area contributed by atoms with E-state index in [1.807, 2.05) is 0 Å². The molecule has 10 heteroatoms. The Hall–Kier alpha value is -4.99. The van der Waals surface area contributed by atoms with E-state index in [0.29, 0.717) is 56.9 Å². The number of H-pyrrole nitrogens is 2. The molecule has 1 amide bonds. The summed E-state index contributed by atoms with van der Waals surface area (Å²) in [5.41, 5.74) is 4.95. The molecule has 6 aromatic rings. The average Bonchev–Trinajstić information content (AvgIpc) is 3.52. The van der Waals surface area contributed by atoms with Crippen molar-refractivity contribution in [3.05, 3.63) is 78.8 Å². The van der Waals surface area contributed by atoms with E-state index in [1.165, 1.54) is 30.6 Å². The van der Waals surface area contributed by atoms with Crippen LogP contribution in [0.15, 0.2) is 67.1 Å². The summed E-state index contributed by atoms with van der Waals surface area (Å²) in [7, 11) is 0. The lowest BCUT2D eigenvalue weighted by Crippen LogP contribution is -2.09. The fourth-order valence-corrected chi connectivity index (χ4v) is 4.21. The number of aromatic amines is 2. The molecule has 0 atom stereocenters. The Labute approximate surface area is 208 Å². The number of halogens is 2. The van der Waals surface area contributed by atoms with E-state index in [4.69, 9.17) is 4.98 Å². The largest absolute Gasteiger partial charge is 0.336 e. The maximum absolute atomic E-state index is 15.1. The van der Waals surface area contributed by atoms with Gasteiger partial charge in [-0.25, -0.2) is 13.8 Å². The number of imidazole rings is 1. The van der Waals surface area contributed by atoms with Gasteiger partial charge in [-0.15, -0.1) is 0 Å². The van der Waals surface area contributed by atoms with Crippen LogP contribution in [-0.2, 0) is 4.79 Å². The molecule has 2 aromatic carbocycles. The number of nitrogens with one attached hydrogen (secondary N) is 3. The highest BCUT2D eigenvalue weighted by Crippen LogP contribution is 2.34. The van der Waals surface area contributed by atoms with Crippen LogP contribution in [0, 0.1) is 11.6 Å². The molecule has 6 rings (SSSR count). The Morgan fingerprint density at radius 3 is 2.62 bits per heavy atom. The number of carbonyl (C=O) groups is 1. The molecule has 0 unspecified atom stereocenters. The van der Waals surface area contributed by atoms with Gasteiger partial charge in [-0.05, 0) is 42.5 Å². The molecule has 182 valence electrons. The van der Waals surface area contributed by atoms with Gasteiger partial charge in [-0.2, -0.15) is 5.10 Å². The monoisotopic (exact) mass is 495 g/mol. The number of hydrogen-bond donors (Lipinski definition) is 3. The molecule has 0 aliphatic carbocycles. The topological polar surface area (TPSA) is 112 Å².